The average molecular weight is 264 g/mol. The molecule has 0 aromatic carbocycles. The molecule has 1 atom stereocenters. The number of methoxy groups -OCH3 is 1. The second-order valence-electron chi connectivity index (χ2n) is 5.83. The highest BCUT2D eigenvalue weighted by molar-refractivity contribution is 5.58. The molecule has 0 amide bonds. The molecular formula is C14H24N4O. The maximum atomic E-state index is 6.02. The predicted octanol–water partition coefficient (Wildman–Crippen LogP) is 2.19. The number of piperidine rings is 1. The van der Waals surface area contributed by atoms with E-state index in [-0.39, 0.29) is 5.60 Å². The topological polar surface area (TPSA) is 64.3 Å². The molecule has 0 aliphatic carbocycles. The van der Waals surface area contributed by atoms with Crippen molar-refractivity contribution in [2.24, 2.45) is 0 Å². The monoisotopic (exact) mass is 264 g/mol. The SMILES string of the molecule is COC1(C)CCCN(c2ncnc(N)c2C(C)C)C1. The van der Waals surface area contributed by atoms with Crippen LogP contribution in [0, 0.1) is 0 Å². The molecule has 19 heavy (non-hydrogen) atoms. The van der Waals surface area contributed by atoms with E-state index in [2.05, 4.69) is 35.6 Å². The first-order valence-electron chi connectivity index (χ1n) is 6.87. The van der Waals surface area contributed by atoms with Gasteiger partial charge >= 0.3 is 0 Å². The van der Waals surface area contributed by atoms with Gasteiger partial charge in [0.05, 0.1) is 5.60 Å². The van der Waals surface area contributed by atoms with E-state index >= 15 is 0 Å². The predicted molar refractivity (Wildman–Crippen MR) is 77.4 cm³/mol. The van der Waals surface area contributed by atoms with E-state index in [0.29, 0.717) is 11.7 Å². The standard InChI is InChI=1S/C14H24N4O/c1-10(2)11-12(15)16-9-17-13(11)18-7-5-6-14(3,8-18)19-4/h9-10H,5-8H2,1-4H3,(H2,15,16,17). The molecule has 106 valence electrons. The van der Waals surface area contributed by atoms with Gasteiger partial charge in [-0.15, -0.1) is 0 Å². The van der Waals surface area contributed by atoms with Crippen LogP contribution < -0.4 is 10.6 Å². The molecule has 0 radical (unpaired) electrons. The van der Waals surface area contributed by atoms with Gasteiger partial charge in [-0.3, -0.25) is 0 Å². The summed E-state index contributed by atoms with van der Waals surface area (Å²) in [6.45, 7) is 8.24. The smallest absolute Gasteiger partial charge is 0.137 e. The molecule has 0 bridgehead atoms. The largest absolute Gasteiger partial charge is 0.383 e. The van der Waals surface area contributed by atoms with Crippen molar-refractivity contribution >= 4 is 11.6 Å². The van der Waals surface area contributed by atoms with Crippen LogP contribution in [0.2, 0.25) is 0 Å². The van der Waals surface area contributed by atoms with E-state index in [1.165, 1.54) is 0 Å². The van der Waals surface area contributed by atoms with Gasteiger partial charge in [-0.25, -0.2) is 9.97 Å². The van der Waals surface area contributed by atoms with E-state index in [1.54, 1.807) is 13.4 Å². The van der Waals surface area contributed by atoms with Gasteiger partial charge in [-0.2, -0.15) is 0 Å². The Morgan fingerprint density at radius 2 is 2.16 bits per heavy atom. The van der Waals surface area contributed by atoms with Gasteiger partial charge in [0, 0.05) is 25.8 Å². The molecule has 1 saturated heterocycles. The lowest BCUT2D eigenvalue weighted by Crippen LogP contribution is -2.48. The van der Waals surface area contributed by atoms with Crippen molar-refractivity contribution in [1.29, 1.82) is 0 Å². The Kier molecular flexibility index (Phi) is 3.94. The highest BCUT2D eigenvalue weighted by atomic mass is 16.5. The average Bonchev–Trinajstić information content (AvgIpc) is 2.38. The third kappa shape index (κ3) is 2.81. The lowest BCUT2D eigenvalue weighted by molar-refractivity contribution is -0.00485. The Morgan fingerprint density at radius 3 is 2.79 bits per heavy atom. The summed E-state index contributed by atoms with van der Waals surface area (Å²) in [6.07, 6.45) is 3.73. The van der Waals surface area contributed by atoms with Gasteiger partial charge in [0.25, 0.3) is 0 Å². The summed E-state index contributed by atoms with van der Waals surface area (Å²) in [5, 5.41) is 0. The van der Waals surface area contributed by atoms with E-state index in [4.69, 9.17) is 10.5 Å². The number of nitrogens with zero attached hydrogens (tertiary/aromatic N) is 3. The van der Waals surface area contributed by atoms with Crippen LogP contribution in [-0.4, -0.2) is 35.8 Å². The van der Waals surface area contributed by atoms with E-state index in [9.17, 15) is 0 Å². The first kappa shape index (κ1) is 14.1. The zero-order chi connectivity index (χ0) is 14.0. The number of anilines is 2. The van der Waals surface area contributed by atoms with Crippen LogP contribution in [-0.2, 0) is 4.74 Å². The Hall–Kier alpha value is -1.36. The molecule has 1 aromatic rings. The molecule has 1 aromatic heterocycles. The van der Waals surface area contributed by atoms with E-state index in [0.717, 1.165) is 37.3 Å². The van der Waals surface area contributed by atoms with Crippen molar-refractivity contribution in [3.63, 3.8) is 0 Å². The van der Waals surface area contributed by atoms with Crippen molar-refractivity contribution in [3.05, 3.63) is 11.9 Å². The van der Waals surface area contributed by atoms with Gasteiger partial charge < -0.3 is 15.4 Å². The minimum absolute atomic E-state index is 0.105. The van der Waals surface area contributed by atoms with Crippen LogP contribution in [0.25, 0.3) is 0 Å². The fourth-order valence-electron chi connectivity index (χ4n) is 2.76. The van der Waals surface area contributed by atoms with Gasteiger partial charge in [0.2, 0.25) is 0 Å². The summed E-state index contributed by atoms with van der Waals surface area (Å²) in [4.78, 5) is 10.9. The molecule has 0 spiro atoms. The lowest BCUT2D eigenvalue weighted by atomic mass is 9.93. The Bertz CT molecular complexity index is 449. The summed E-state index contributed by atoms with van der Waals surface area (Å²) in [5.74, 6) is 1.86. The molecule has 1 fully saturated rings. The minimum atomic E-state index is -0.105. The third-order valence-corrected chi connectivity index (χ3v) is 3.92. The van der Waals surface area contributed by atoms with Crippen LogP contribution >= 0.6 is 0 Å². The summed E-state index contributed by atoms with van der Waals surface area (Å²) in [7, 11) is 1.78. The molecule has 1 unspecified atom stereocenters. The van der Waals surface area contributed by atoms with Crippen LogP contribution in [0.4, 0.5) is 11.6 Å². The minimum Gasteiger partial charge on any atom is -0.383 e. The Morgan fingerprint density at radius 1 is 1.42 bits per heavy atom. The van der Waals surface area contributed by atoms with Gasteiger partial charge in [-0.05, 0) is 25.7 Å². The van der Waals surface area contributed by atoms with Crippen LogP contribution in [0.3, 0.4) is 0 Å². The lowest BCUT2D eigenvalue weighted by Gasteiger charge is -2.40. The number of nitrogen functional groups attached to an aromatic ring is 1. The van der Waals surface area contributed by atoms with Crippen molar-refractivity contribution in [2.75, 3.05) is 30.8 Å². The number of hydrogen-bond donors (Lipinski definition) is 1. The van der Waals surface area contributed by atoms with Gasteiger partial charge in [0.1, 0.15) is 18.0 Å². The van der Waals surface area contributed by atoms with Crippen molar-refractivity contribution in [3.8, 4) is 0 Å². The molecular weight excluding hydrogens is 240 g/mol. The summed E-state index contributed by atoms with van der Waals surface area (Å²) < 4.78 is 5.64. The van der Waals surface area contributed by atoms with E-state index < -0.39 is 0 Å². The third-order valence-electron chi connectivity index (χ3n) is 3.92. The zero-order valence-electron chi connectivity index (χ0n) is 12.3. The second-order valence-corrected chi connectivity index (χ2v) is 5.83. The summed E-state index contributed by atoms with van der Waals surface area (Å²) in [6, 6.07) is 0. The molecule has 2 heterocycles. The van der Waals surface area contributed by atoms with E-state index in [1.807, 2.05) is 0 Å². The molecule has 2 rings (SSSR count). The first-order valence-corrected chi connectivity index (χ1v) is 6.87. The second kappa shape index (κ2) is 5.33. The van der Waals surface area contributed by atoms with Gasteiger partial charge in [0.15, 0.2) is 0 Å². The summed E-state index contributed by atoms with van der Waals surface area (Å²) >= 11 is 0. The van der Waals surface area contributed by atoms with Crippen molar-refractivity contribution < 1.29 is 4.74 Å². The van der Waals surface area contributed by atoms with Gasteiger partial charge in [-0.1, -0.05) is 13.8 Å². The Balaban J connectivity index is 2.34. The maximum absolute atomic E-state index is 6.02. The number of hydrogen-bond acceptors (Lipinski definition) is 5. The fourth-order valence-corrected chi connectivity index (χ4v) is 2.76. The molecule has 1 aliphatic heterocycles. The highest BCUT2D eigenvalue weighted by Crippen LogP contribution is 2.33. The molecule has 1 aliphatic rings. The molecule has 5 nitrogen and oxygen atoms in total. The number of nitrogens with two attached hydrogens (primary N) is 1. The normalized spacial score (nSPS) is 23.9. The molecule has 2 N–H and O–H groups in total. The number of rotatable bonds is 3. The fraction of sp³-hybridized carbons (Fsp3) is 0.714. The summed E-state index contributed by atoms with van der Waals surface area (Å²) in [5.41, 5.74) is 6.96. The molecule has 0 saturated carbocycles. The molecule has 5 heteroatoms. The van der Waals surface area contributed by atoms with Crippen LogP contribution in [0.1, 0.15) is 45.1 Å². The zero-order valence-corrected chi connectivity index (χ0v) is 12.3. The number of ether oxygens (including phenoxy) is 1. The first-order chi connectivity index (χ1) is 8.97. The number of aromatic nitrogens is 2. The highest BCUT2D eigenvalue weighted by Gasteiger charge is 2.32. The Labute approximate surface area is 115 Å². The quantitative estimate of drug-likeness (QED) is 0.906. The van der Waals surface area contributed by atoms with Crippen LogP contribution in [0.15, 0.2) is 6.33 Å². The van der Waals surface area contributed by atoms with Crippen molar-refractivity contribution in [2.45, 2.75) is 45.1 Å². The van der Waals surface area contributed by atoms with Crippen LogP contribution in [0.5, 0.6) is 0 Å². The van der Waals surface area contributed by atoms with Crippen molar-refractivity contribution in [1.82, 2.24) is 9.97 Å². The maximum Gasteiger partial charge on any atom is 0.137 e.